The summed E-state index contributed by atoms with van der Waals surface area (Å²) in [6.07, 6.45) is 0.202. The van der Waals surface area contributed by atoms with E-state index in [1.165, 1.54) is 0 Å². The number of ether oxygens (including phenoxy) is 1. The van der Waals surface area contributed by atoms with Crippen LogP contribution in [0.4, 0.5) is 0 Å². The first-order valence-corrected chi connectivity index (χ1v) is 5.25. The summed E-state index contributed by atoms with van der Waals surface area (Å²) in [6.45, 7) is 6.53. The molecule has 0 amide bonds. The van der Waals surface area contributed by atoms with Crippen molar-refractivity contribution in [3.05, 3.63) is 12.7 Å². The van der Waals surface area contributed by atoms with Crippen LogP contribution in [-0.4, -0.2) is 26.6 Å². The molecule has 0 radical (unpaired) electrons. The summed E-state index contributed by atoms with van der Waals surface area (Å²) in [5.41, 5.74) is 0. The fourth-order valence-corrected chi connectivity index (χ4v) is 1.45. The molecular formula is C8H14O5S. The summed E-state index contributed by atoms with van der Waals surface area (Å²) in [5, 5.41) is 0. The Morgan fingerprint density at radius 2 is 2.14 bits per heavy atom. The molecule has 2 unspecified atom stereocenters. The molecule has 0 saturated heterocycles. The molecule has 0 spiro atoms. The normalized spacial score (nSPS) is 14.8. The summed E-state index contributed by atoms with van der Waals surface area (Å²) in [5.74, 6) is -0.597. The second kappa shape index (κ2) is 6.56. The second-order valence-corrected chi connectivity index (χ2v) is 3.28. The lowest BCUT2D eigenvalue weighted by molar-refractivity contribution is -0.146. The van der Waals surface area contributed by atoms with Crippen molar-refractivity contribution < 1.29 is 22.1 Å². The minimum Gasteiger partial charge on any atom is -0.457 e. The fraction of sp³-hybridized carbons (Fsp3) is 0.625. The lowest BCUT2D eigenvalue weighted by Gasteiger charge is -2.19. The third-order valence-corrected chi connectivity index (χ3v) is 2.06. The number of carbonyl (C=O) groups is 1. The smallest absolute Gasteiger partial charge is 0.330 e. The summed E-state index contributed by atoms with van der Waals surface area (Å²) < 4.78 is 29.9. The van der Waals surface area contributed by atoms with Gasteiger partial charge in [0.05, 0.1) is 0 Å². The zero-order valence-corrected chi connectivity index (χ0v) is 9.03. The van der Waals surface area contributed by atoms with E-state index in [2.05, 4.69) is 10.8 Å². The molecule has 0 aromatic heterocycles. The molecule has 0 bridgehead atoms. The van der Waals surface area contributed by atoms with E-state index < -0.39 is 29.2 Å². The van der Waals surface area contributed by atoms with Crippen molar-refractivity contribution in [3.63, 3.8) is 0 Å². The van der Waals surface area contributed by atoms with Crippen molar-refractivity contribution in [1.29, 1.82) is 0 Å². The molecule has 0 aliphatic heterocycles. The average molecular weight is 222 g/mol. The van der Waals surface area contributed by atoms with Crippen LogP contribution in [0.25, 0.3) is 0 Å². The van der Waals surface area contributed by atoms with E-state index in [1.807, 2.05) is 0 Å². The van der Waals surface area contributed by atoms with Crippen LogP contribution in [0.15, 0.2) is 12.7 Å². The molecule has 82 valence electrons. The zero-order valence-electron chi connectivity index (χ0n) is 8.13. The van der Waals surface area contributed by atoms with Gasteiger partial charge in [-0.05, 0) is 13.3 Å². The number of esters is 1. The van der Waals surface area contributed by atoms with Gasteiger partial charge in [-0.15, -0.1) is 0 Å². The first kappa shape index (κ1) is 13.1. The van der Waals surface area contributed by atoms with E-state index in [4.69, 9.17) is 4.74 Å². The highest BCUT2D eigenvalue weighted by Gasteiger charge is 2.20. The Hall–Kier alpha value is -0.880. The molecule has 0 aromatic carbocycles. The minimum atomic E-state index is -2.92. The highest BCUT2D eigenvalue weighted by molar-refractivity contribution is 7.67. The molecule has 0 rings (SSSR count). The van der Waals surface area contributed by atoms with Crippen molar-refractivity contribution >= 4 is 17.0 Å². The summed E-state index contributed by atoms with van der Waals surface area (Å²) >= 11 is 0. The maximum atomic E-state index is 10.8. The highest BCUT2D eigenvalue weighted by Crippen LogP contribution is 2.08. The highest BCUT2D eigenvalue weighted by atomic mass is 32.2. The van der Waals surface area contributed by atoms with Crippen molar-refractivity contribution in [2.75, 3.05) is 0 Å². The Kier molecular flexibility index (Phi) is 6.14. The van der Waals surface area contributed by atoms with Crippen LogP contribution in [0.5, 0.6) is 0 Å². The Morgan fingerprint density at radius 1 is 1.57 bits per heavy atom. The zero-order chi connectivity index (χ0) is 11.1. The van der Waals surface area contributed by atoms with Gasteiger partial charge in [0.25, 0.3) is 11.0 Å². The standard InChI is InChI=1S/C8H14O5S/c1-4-7(13-14(10)11)6(3)12-8(9)5-2/h5-7,14H,2,4H2,1,3H3. The minimum absolute atomic E-state index is 0.439. The van der Waals surface area contributed by atoms with Crippen molar-refractivity contribution in [1.82, 2.24) is 0 Å². The fourth-order valence-electron chi connectivity index (χ4n) is 0.910. The first-order chi connectivity index (χ1) is 6.51. The summed E-state index contributed by atoms with van der Waals surface area (Å²) in [7, 11) is -2.92. The molecule has 6 heteroatoms. The average Bonchev–Trinajstić information content (AvgIpc) is 2.13. The molecule has 5 nitrogen and oxygen atoms in total. The lowest BCUT2D eigenvalue weighted by atomic mass is 10.2. The van der Waals surface area contributed by atoms with E-state index in [0.717, 1.165) is 6.08 Å². The quantitative estimate of drug-likeness (QED) is 0.401. The Bertz CT molecular complexity index is 263. The monoisotopic (exact) mass is 222 g/mol. The van der Waals surface area contributed by atoms with Crippen LogP contribution in [0.3, 0.4) is 0 Å². The molecule has 0 aliphatic carbocycles. The van der Waals surface area contributed by atoms with Gasteiger partial charge in [0, 0.05) is 6.08 Å². The van der Waals surface area contributed by atoms with Gasteiger partial charge in [-0.3, -0.25) is 4.18 Å². The van der Waals surface area contributed by atoms with Gasteiger partial charge in [0.15, 0.2) is 0 Å². The molecule has 0 saturated carbocycles. The van der Waals surface area contributed by atoms with Gasteiger partial charge in [0.2, 0.25) is 0 Å². The van der Waals surface area contributed by atoms with Gasteiger partial charge in [-0.25, -0.2) is 13.2 Å². The van der Waals surface area contributed by atoms with Crippen LogP contribution in [0, 0.1) is 0 Å². The predicted molar refractivity (Wildman–Crippen MR) is 51.2 cm³/mol. The van der Waals surface area contributed by atoms with Gasteiger partial charge >= 0.3 is 5.97 Å². The predicted octanol–water partition coefficient (Wildman–Crippen LogP) is 0.426. The molecule has 14 heavy (non-hydrogen) atoms. The third-order valence-electron chi connectivity index (χ3n) is 1.62. The summed E-state index contributed by atoms with van der Waals surface area (Å²) in [6, 6.07) is 0. The molecule has 2 atom stereocenters. The van der Waals surface area contributed by atoms with E-state index in [0.29, 0.717) is 6.42 Å². The number of hydrogen-bond acceptors (Lipinski definition) is 5. The molecule has 0 heterocycles. The van der Waals surface area contributed by atoms with E-state index in [1.54, 1.807) is 13.8 Å². The van der Waals surface area contributed by atoms with Crippen LogP contribution in [0.1, 0.15) is 20.3 Å². The first-order valence-electron chi connectivity index (χ1n) is 4.15. The molecule has 0 aliphatic rings. The van der Waals surface area contributed by atoms with Gasteiger partial charge < -0.3 is 4.74 Å². The number of carbonyl (C=O) groups excluding carboxylic acids is 1. The topological polar surface area (TPSA) is 69.7 Å². The van der Waals surface area contributed by atoms with Gasteiger partial charge in [0.1, 0.15) is 12.2 Å². The number of thiol groups is 1. The number of rotatable bonds is 6. The van der Waals surface area contributed by atoms with Crippen LogP contribution in [-0.2, 0) is 24.7 Å². The van der Waals surface area contributed by atoms with Gasteiger partial charge in [-0.2, -0.15) is 0 Å². The van der Waals surface area contributed by atoms with Crippen molar-refractivity contribution in [3.8, 4) is 0 Å². The maximum Gasteiger partial charge on any atom is 0.330 e. The van der Waals surface area contributed by atoms with Crippen molar-refractivity contribution in [2.24, 2.45) is 0 Å². The SMILES string of the molecule is C=CC(=O)OC(C)C(CC)O[SH](=O)=O. The van der Waals surface area contributed by atoms with E-state index in [9.17, 15) is 13.2 Å². The Morgan fingerprint density at radius 3 is 2.50 bits per heavy atom. The summed E-state index contributed by atoms with van der Waals surface area (Å²) in [4.78, 5) is 10.8. The largest absolute Gasteiger partial charge is 0.457 e. The Labute approximate surface area is 84.9 Å². The van der Waals surface area contributed by atoms with Crippen molar-refractivity contribution in [2.45, 2.75) is 32.5 Å². The lowest BCUT2D eigenvalue weighted by Crippen LogP contribution is -2.29. The second-order valence-electron chi connectivity index (χ2n) is 2.62. The van der Waals surface area contributed by atoms with Crippen LogP contribution in [0.2, 0.25) is 0 Å². The molecule has 0 fully saturated rings. The Balaban J connectivity index is 4.22. The van der Waals surface area contributed by atoms with Gasteiger partial charge in [-0.1, -0.05) is 13.5 Å². The van der Waals surface area contributed by atoms with E-state index in [-0.39, 0.29) is 0 Å². The maximum absolute atomic E-state index is 10.8. The van der Waals surface area contributed by atoms with Crippen LogP contribution >= 0.6 is 0 Å². The van der Waals surface area contributed by atoms with Crippen LogP contribution < -0.4 is 0 Å². The number of hydrogen-bond donors (Lipinski definition) is 1. The molecule has 0 aromatic rings. The molecular weight excluding hydrogens is 208 g/mol. The third kappa shape index (κ3) is 4.98. The molecule has 0 N–H and O–H groups in total. The van der Waals surface area contributed by atoms with E-state index >= 15 is 0 Å².